The van der Waals surface area contributed by atoms with Gasteiger partial charge in [0.1, 0.15) is 0 Å². The van der Waals surface area contributed by atoms with Crippen LogP contribution in [0.15, 0.2) is 0 Å². The minimum atomic E-state index is -3.12. The van der Waals surface area contributed by atoms with E-state index in [1.807, 2.05) is 0 Å². The van der Waals surface area contributed by atoms with E-state index in [2.05, 4.69) is 20.8 Å². The van der Waals surface area contributed by atoms with Crippen molar-refractivity contribution in [2.75, 3.05) is 18.5 Å². The quantitative estimate of drug-likeness (QED) is 0.497. The second-order valence-electron chi connectivity index (χ2n) is 3.08. The second-order valence-corrected chi connectivity index (χ2v) is 6.24. The van der Waals surface area contributed by atoms with Crippen LogP contribution in [0.1, 0.15) is 40.0 Å². The zero-order chi connectivity index (χ0) is 11.4. The van der Waals surface area contributed by atoms with Gasteiger partial charge in [0, 0.05) is 0 Å². The van der Waals surface area contributed by atoms with E-state index in [9.17, 15) is 0 Å². The summed E-state index contributed by atoms with van der Waals surface area (Å²) in [7, 11) is -2.68. The Bertz CT molecular complexity index is 120. The van der Waals surface area contributed by atoms with Crippen molar-refractivity contribution >= 4 is 16.2 Å². The molecule has 1 unspecified atom stereocenters. The van der Waals surface area contributed by atoms with Gasteiger partial charge in [-0.1, -0.05) is 40.0 Å². The molecule has 94 valence electrons. The fraction of sp³-hybridized carbons (Fsp3) is 1.00. The summed E-state index contributed by atoms with van der Waals surface area (Å²) in [6.45, 7) is 6.92. The molecular formula is C9H24KO4P2+. The van der Waals surface area contributed by atoms with Crippen LogP contribution >= 0.6 is 16.2 Å². The third-order valence-electron chi connectivity index (χ3n) is 1.62. The molecule has 0 saturated carbocycles. The Hall–Kier alpha value is 2.05. The molecule has 0 aromatic heterocycles. The first-order valence-corrected chi connectivity index (χ1v) is 8.16. The molecule has 4 nitrogen and oxygen atoms in total. The molecule has 0 aliphatic rings. The van der Waals surface area contributed by atoms with Gasteiger partial charge in [0.05, 0.1) is 0 Å². The van der Waals surface area contributed by atoms with Crippen LogP contribution in [0.3, 0.4) is 0 Å². The Morgan fingerprint density at radius 2 is 1.25 bits per heavy atom. The van der Waals surface area contributed by atoms with Crippen molar-refractivity contribution in [3.05, 3.63) is 0 Å². The number of rotatable bonds is 6. The van der Waals surface area contributed by atoms with Crippen molar-refractivity contribution in [2.24, 2.45) is 0 Å². The molecule has 7 heteroatoms. The third kappa shape index (κ3) is 29.8. The Balaban J connectivity index is -0.000000105. The SMILES string of the molecule is CCCP(CCC)CCC.O.O=[P+]([O-])O.[K+]. The molecule has 0 saturated heterocycles. The van der Waals surface area contributed by atoms with Crippen molar-refractivity contribution < 1.29 is 71.2 Å². The van der Waals surface area contributed by atoms with E-state index in [0.717, 1.165) is 0 Å². The Kier molecular flexibility index (Phi) is 37.0. The van der Waals surface area contributed by atoms with Gasteiger partial charge < -0.3 is 10.4 Å². The first-order chi connectivity index (χ1) is 6.58. The van der Waals surface area contributed by atoms with Crippen molar-refractivity contribution in [1.82, 2.24) is 0 Å². The van der Waals surface area contributed by atoms with E-state index in [1.165, 1.54) is 37.7 Å². The van der Waals surface area contributed by atoms with Crippen molar-refractivity contribution in [1.29, 1.82) is 0 Å². The normalized spacial score (nSPS) is 9.50. The van der Waals surface area contributed by atoms with Gasteiger partial charge in [-0.15, -0.1) is 7.92 Å². The molecule has 0 aromatic rings. The van der Waals surface area contributed by atoms with Gasteiger partial charge in [0.25, 0.3) is 0 Å². The summed E-state index contributed by atoms with van der Waals surface area (Å²) in [5, 5.41) is 0. The first kappa shape index (κ1) is 26.6. The van der Waals surface area contributed by atoms with Crippen molar-refractivity contribution in [3.63, 3.8) is 0 Å². The van der Waals surface area contributed by atoms with E-state index in [4.69, 9.17) is 14.4 Å². The van der Waals surface area contributed by atoms with Crippen LogP contribution in [0.5, 0.6) is 0 Å². The predicted molar refractivity (Wildman–Crippen MR) is 65.8 cm³/mol. The molecule has 0 fully saturated rings. The third-order valence-corrected chi connectivity index (χ3v) is 4.86. The molecule has 0 heterocycles. The summed E-state index contributed by atoms with van der Waals surface area (Å²) < 4.78 is 8.59. The molecule has 0 aromatic carbocycles. The maximum Gasteiger partial charge on any atom is 1.00 e. The fourth-order valence-corrected chi connectivity index (χ4v) is 3.85. The molecule has 1 atom stereocenters. The second kappa shape index (κ2) is 22.2. The molecule has 0 spiro atoms. The largest absolute Gasteiger partial charge is 1.00 e. The summed E-state index contributed by atoms with van der Waals surface area (Å²) in [5.41, 5.74) is 0. The van der Waals surface area contributed by atoms with E-state index in [1.54, 1.807) is 0 Å². The summed E-state index contributed by atoms with van der Waals surface area (Å²) in [6, 6.07) is 0. The van der Waals surface area contributed by atoms with E-state index in [-0.39, 0.29) is 56.9 Å². The van der Waals surface area contributed by atoms with Gasteiger partial charge in [-0.3, -0.25) is 0 Å². The fourth-order valence-electron chi connectivity index (χ4n) is 1.28. The summed E-state index contributed by atoms with van der Waals surface area (Å²) >= 11 is 0. The predicted octanol–water partition coefficient (Wildman–Crippen LogP) is -1.13. The van der Waals surface area contributed by atoms with E-state index < -0.39 is 8.25 Å². The average Bonchev–Trinajstić information content (AvgIpc) is 2.04. The molecule has 3 N–H and O–H groups in total. The standard InChI is InChI=1S/C9H21P.K.HO3P.H2O/c1-4-7-10(8-5-2)9-6-3;;1-4(2)3;/h4-9H2,1-3H3;;(H,1,2,3);1H2/q;+1;;. The van der Waals surface area contributed by atoms with Gasteiger partial charge in [-0.25, -0.2) is 0 Å². The molecule has 0 aliphatic heterocycles. The smallest absolute Gasteiger partial charge is 0.567 e. The zero-order valence-electron chi connectivity index (χ0n) is 10.9. The van der Waals surface area contributed by atoms with Crippen LogP contribution in [0.4, 0.5) is 0 Å². The first-order valence-electron chi connectivity index (χ1n) is 5.14. The number of hydrogen-bond donors (Lipinski definition) is 1. The summed E-state index contributed by atoms with van der Waals surface area (Å²) in [4.78, 5) is 15.6. The number of hydrogen-bond acceptors (Lipinski definition) is 2. The average molecular weight is 297 g/mol. The monoisotopic (exact) mass is 297 g/mol. The molecule has 0 amide bonds. The van der Waals surface area contributed by atoms with Crippen LogP contribution in [0.2, 0.25) is 0 Å². The molecule has 0 rings (SSSR count). The van der Waals surface area contributed by atoms with E-state index in [0.29, 0.717) is 7.92 Å². The van der Waals surface area contributed by atoms with Crippen LogP contribution in [-0.2, 0) is 4.57 Å². The molecule has 16 heavy (non-hydrogen) atoms. The van der Waals surface area contributed by atoms with Crippen LogP contribution < -0.4 is 56.3 Å². The topological polar surface area (TPSA) is 91.9 Å². The molecule has 0 bridgehead atoms. The van der Waals surface area contributed by atoms with Crippen molar-refractivity contribution in [2.45, 2.75) is 40.0 Å². The van der Waals surface area contributed by atoms with Crippen molar-refractivity contribution in [3.8, 4) is 0 Å². The van der Waals surface area contributed by atoms with Gasteiger partial charge in [0.2, 0.25) is 0 Å². The zero-order valence-corrected chi connectivity index (χ0v) is 15.8. The van der Waals surface area contributed by atoms with Gasteiger partial charge in [-0.2, -0.15) is 4.89 Å². The maximum atomic E-state index is 8.59. The minimum absolute atomic E-state index is 0. The molecular weight excluding hydrogens is 273 g/mol. The van der Waals surface area contributed by atoms with Crippen LogP contribution in [0, 0.1) is 0 Å². The van der Waals surface area contributed by atoms with Gasteiger partial charge in [0.15, 0.2) is 0 Å². The van der Waals surface area contributed by atoms with Gasteiger partial charge in [-0.05, 0) is 23.1 Å². The van der Waals surface area contributed by atoms with E-state index >= 15 is 0 Å². The molecule has 0 radical (unpaired) electrons. The maximum absolute atomic E-state index is 8.59. The minimum Gasteiger partial charge on any atom is -0.567 e. The Labute approximate surface area is 144 Å². The van der Waals surface area contributed by atoms with Crippen LogP contribution in [0.25, 0.3) is 0 Å². The van der Waals surface area contributed by atoms with Crippen LogP contribution in [-0.4, -0.2) is 28.9 Å². The Morgan fingerprint density at radius 1 is 1.06 bits per heavy atom. The summed E-state index contributed by atoms with van der Waals surface area (Å²) in [5.74, 6) is 0. The Morgan fingerprint density at radius 3 is 1.38 bits per heavy atom. The van der Waals surface area contributed by atoms with Gasteiger partial charge >= 0.3 is 59.6 Å². The summed E-state index contributed by atoms with van der Waals surface area (Å²) in [6.07, 6.45) is 8.72. The molecule has 0 aliphatic carbocycles.